The summed E-state index contributed by atoms with van der Waals surface area (Å²) >= 11 is 1.46. The Morgan fingerprint density at radius 1 is 1.15 bits per heavy atom. The summed E-state index contributed by atoms with van der Waals surface area (Å²) in [7, 11) is -2.94. The molecule has 0 aromatic heterocycles. The van der Waals surface area contributed by atoms with Gasteiger partial charge in [-0.25, -0.2) is 12.8 Å². The molecule has 1 atom stereocenters. The molecule has 1 heterocycles. The molecule has 0 radical (unpaired) electrons. The van der Waals surface area contributed by atoms with Gasteiger partial charge in [-0.2, -0.15) is 0 Å². The van der Waals surface area contributed by atoms with Crippen LogP contribution in [-0.4, -0.2) is 37.6 Å². The van der Waals surface area contributed by atoms with E-state index in [0.717, 1.165) is 10.5 Å². The highest BCUT2D eigenvalue weighted by molar-refractivity contribution is 8.02. The van der Waals surface area contributed by atoms with E-state index in [0.29, 0.717) is 24.9 Å². The van der Waals surface area contributed by atoms with Crippen molar-refractivity contribution in [3.05, 3.63) is 65.5 Å². The second-order valence-corrected chi connectivity index (χ2v) is 9.84. The van der Waals surface area contributed by atoms with E-state index < -0.39 is 9.84 Å². The highest BCUT2D eigenvalue weighted by atomic mass is 32.2. The summed E-state index contributed by atoms with van der Waals surface area (Å²) in [5, 5.41) is 2.87. The first-order valence-corrected chi connectivity index (χ1v) is 11.1. The molecule has 0 aliphatic carbocycles. The molecule has 3 rings (SSSR count). The molecule has 7 heteroatoms. The van der Waals surface area contributed by atoms with E-state index in [4.69, 9.17) is 0 Å². The zero-order valence-electron chi connectivity index (χ0n) is 14.2. The molecule has 0 bridgehead atoms. The molecular weight excluding hydrogens is 373 g/mol. The van der Waals surface area contributed by atoms with Crippen LogP contribution in [0, 0.1) is 5.82 Å². The van der Waals surface area contributed by atoms with Crippen molar-refractivity contribution >= 4 is 27.5 Å². The van der Waals surface area contributed by atoms with Crippen molar-refractivity contribution in [3.63, 3.8) is 0 Å². The van der Waals surface area contributed by atoms with Crippen molar-refractivity contribution in [1.82, 2.24) is 5.32 Å². The molecule has 1 fully saturated rings. The lowest BCUT2D eigenvalue weighted by atomic mass is 10.1. The van der Waals surface area contributed by atoms with E-state index in [1.54, 1.807) is 24.3 Å². The number of hydrogen-bond acceptors (Lipinski definition) is 4. The first-order chi connectivity index (χ1) is 12.4. The minimum atomic E-state index is -2.94. The van der Waals surface area contributed by atoms with Gasteiger partial charge in [0.2, 0.25) is 0 Å². The molecule has 2 aromatic rings. The molecule has 26 heavy (non-hydrogen) atoms. The zero-order valence-corrected chi connectivity index (χ0v) is 15.8. The molecule has 4 nitrogen and oxygen atoms in total. The Morgan fingerprint density at radius 3 is 2.58 bits per heavy atom. The first-order valence-electron chi connectivity index (χ1n) is 8.42. The van der Waals surface area contributed by atoms with Gasteiger partial charge in [-0.05, 0) is 42.7 Å². The number of carbonyl (C=O) groups excluding carboxylic acids is 1. The van der Waals surface area contributed by atoms with Gasteiger partial charge in [0, 0.05) is 16.7 Å². The maximum Gasteiger partial charge on any atom is 0.252 e. The van der Waals surface area contributed by atoms with Gasteiger partial charge in [0.05, 0.1) is 17.1 Å². The maximum atomic E-state index is 12.9. The highest BCUT2D eigenvalue weighted by Gasteiger charge is 2.29. The van der Waals surface area contributed by atoms with Gasteiger partial charge in [0.15, 0.2) is 9.84 Å². The molecule has 0 unspecified atom stereocenters. The van der Waals surface area contributed by atoms with Gasteiger partial charge in [0.25, 0.3) is 5.91 Å². The number of rotatable bonds is 6. The lowest BCUT2D eigenvalue weighted by Gasteiger charge is -2.12. The fraction of sp³-hybridized carbons (Fsp3) is 0.316. The average Bonchev–Trinajstić information content (AvgIpc) is 2.95. The number of carbonyl (C=O) groups is 1. The normalized spacial score (nSPS) is 18.6. The third-order valence-electron chi connectivity index (χ3n) is 4.23. The number of nitrogens with one attached hydrogen (secondary N) is 1. The third kappa shape index (κ3) is 5.08. The molecule has 138 valence electrons. The van der Waals surface area contributed by atoms with Gasteiger partial charge < -0.3 is 5.32 Å². The van der Waals surface area contributed by atoms with E-state index in [1.807, 2.05) is 12.1 Å². The molecule has 0 spiro atoms. The monoisotopic (exact) mass is 393 g/mol. The fourth-order valence-electron chi connectivity index (χ4n) is 2.86. The Morgan fingerprint density at radius 2 is 1.88 bits per heavy atom. The first kappa shape index (κ1) is 18.9. The van der Waals surface area contributed by atoms with Gasteiger partial charge in [0.1, 0.15) is 5.82 Å². The van der Waals surface area contributed by atoms with Crippen molar-refractivity contribution in [1.29, 1.82) is 0 Å². The van der Waals surface area contributed by atoms with E-state index in [-0.39, 0.29) is 28.5 Å². The van der Waals surface area contributed by atoms with Crippen LogP contribution >= 0.6 is 11.8 Å². The van der Waals surface area contributed by atoms with Crippen LogP contribution in [0.15, 0.2) is 53.4 Å². The van der Waals surface area contributed by atoms with E-state index >= 15 is 0 Å². The Kier molecular flexibility index (Phi) is 5.98. The molecule has 1 aliphatic rings. The summed E-state index contributed by atoms with van der Waals surface area (Å²) in [6.07, 6.45) is 1.23. The smallest absolute Gasteiger partial charge is 0.252 e. The minimum Gasteiger partial charge on any atom is -0.352 e. The number of sulfone groups is 1. The summed E-state index contributed by atoms with van der Waals surface area (Å²) in [5.41, 5.74) is 1.51. The van der Waals surface area contributed by atoms with Crippen LogP contribution in [0.25, 0.3) is 0 Å². The predicted molar refractivity (Wildman–Crippen MR) is 102 cm³/mol. The lowest BCUT2D eigenvalue weighted by molar-refractivity contribution is 0.0951. The van der Waals surface area contributed by atoms with Gasteiger partial charge in [-0.15, -0.1) is 11.8 Å². The molecule has 1 amide bonds. The molecule has 0 saturated carbocycles. The van der Waals surface area contributed by atoms with Crippen LogP contribution in [-0.2, 0) is 16.3 Å². The molecular formula is C19H20FNO3S2. The quantitative estimate of drug-likeness (QED) is 0.819. The number of hydrogen-bond donors (Lipinski definition) is 1. The van der Waals surface area contributed by atoms with Crippen LogP contribution in [0.5, 0.6) is 0 Å². The Hall–Kier alpha value is -1.86. The summed E-state index contributed by atoms with van der Waals surface area (Å²) in [6, 6.07) is 13.4. The summed E-state index contributed by atoms with van der Waals surface area (Å²) in [4.78, 5) is 13.3. The number of amides is 1. The van der Waals surface area contributed by atoms with Crippen molar-refractivity contribution in [2.45, 2.75) is 23.0 Å². The summed E-state index contributed by atoms with van der Waals surface area (Å²) < 4.78 is 36.2. The van der Waals surface area contributed by atoms with Crippen LogP contribution < -0.4 is 5.32 Å². The standard InChI is InChI=1S/C19H20FNO3S2/c20-15-7-5-14(6-8-15)9-11-21-19(22)17-3-1-2-4-18(17)25-16-10-12-26(23,24)13-16/h1-8,16H,9-13H2,(H,21,22)/t16-/m0/s1. The van der Waals surface area contributed by atoms with Crippen LogP contribution in [0.3, 0.4) is 0 Å². The molecule has 1 aliphatic heterocycles. The van der Waals surface area contributed by atoms with E-state index in [1.165, 1.54) is 23.9 Å². The topological polar surface area (TPSA) is 63.2 Å². The molecule has 2 aromatic carbocycles. The van der Waals surface area contributed by atoms with Gasteiger partial charge in [-0.1, -0.05) is 24.3 Å². The van der Waals surface area contributed by atoms with Gasteiger partial charge >= 0.3 is 0 Å². The second-order valence-electron chi connectivity index (χ2n) is 6.27. The van der Waals surface area contributed by atoms with Crippen molar-refractivity contribution < 1.29 is 17.6 Å². The third-order valence-corrected chi connectivity index (χ3v) is 7.55. The van der Waals surface area contributed by atoms with Crippen molar-refractivity contribution in [2.75, 3.05) is 18.1 Å². The largest absolute Gasteiger partial charge is 0.352 e. The van der Waals surface area contributed by atoms with E-state index in [9.17, 15) is 17.6 Å². The number of halogens is 1. The van der Waals surface area contributed by atoms with E-state index in [2.05, 4.69) is 5.32 Å². The van der Waals surface area contributed by atoms with Crippen molar-refractivity contribution in [2.24, 2.45) is 0 Å². The second kappa shape index (κ2) is 8.22. The highest BCUT2D eigenvalue weighted by Crippen LogP contribution is 2.33. The zero-order chi connectivity index (χ0) is 18.6. The maximum absolute atomic E-state index is 12.9. The van der Waals surface area contributed by atoms with Crippen molar-refractivity contribution in [3.8, 4) is 0 Å². The Bertz CT molecular complexity index is 882. The summed E-state index contributed by atoms with van der Waals surface area (Å²) in [6.45, 7) is 0.446. The number of thioether (sulfide) groups is 1. The van der Waals surface area contributed by atoms with Crippen LogP contribution in [0.4, 0.5) is 4.39 Å². The van der Waals surface area contributed by atoms with Crippen LogP contribution in [0.1, 0.15) is 22.3 Å². The number of benzene rings is 2. The van der Waals surface area contributed by atoms with Crippen LogP contribution in [0.2, 0.25) is 0 Å². The lowest BCUT2D eigenvalue weighted by Crippen LogP contribution is -2.26. The fourth-order valence-corrected chi connectivity index (χ4v) is 6.48. The average molecular weight is 394 g/mol. The minimum absolute atomic E-state index is 0.00633. The molecule has 1 saturated heterocycles. The van der Waals surface area contributed by atoms with Gasteiger partial charge in [-0.3, -0.25) is 4.79 Å². The molecule has 1 N–H and O–H groups in total. The SMILES string of the molecule is O=C(NCCc1ccc(F)cc1)c1ccccc1S[C@H]1CCS(=O)(=O)C1. The Labute approximate surface area is 157 Å². The predicted octanol–water partition coefficient (Wildman–Crippen LogP) is 3.08. The summed E-state index contributed by atoms with van der Waals surface area (Å²) in [5.74, 6) is -0.0803. The Balaban J connectivity index is 1.59.